The van der Waals surface area contributed by atoms with Gasteiger partial charge in [-0.3, -0.25) is 4.79 Å². The van der Waals surface area contributed by atoms with E-state index >= 15 is 0 Å². The van der Waals surface area contributed by atoms with Crippen LogP contribution >= 0.6 is 0 Å². The number of rotatable bonds is 8. The number of carbonyl (C=O) groups excluding carboxylic acids is 1. The number of benzene rings is 3. The minimum absolute atomic E-state index is 0.206. The van der Waals surface area contributed by atoms with Crippen LogP contribution < -0.4 is 19.5 Å². The minimum atomic E-state index is -0.640. The van der Waals surface area contributed by atoms with Crippen molar-refractivity contribution in [3.05, 3.63) is 66.7 Å². The van der Waals surface area contributed by atoms with Crippen LogP contribution in [0, 0.1) is 0 Å². The van der Waals surface area contributed by atoms with E-state index in [0.717, 1.165) is 16.5 Å². The summed E-state index contributed by atoms with van der Waals surface area (Å²) < 4.78 is 16.8. The molecule has 0 saturated heterocycles. The number of carbonyl (C=O) groups is 1. The molecule has 0 aromatic heterocycles. The molecule has 140 valence electrons. The van der Waals surface area contributed by atoms with E-state index in [9.17, 15) is 4.79 Å². The molecule has 1 N–H and O–H groups in total. The van der Waals surface area contributed by atoms with Crippen molar-refractivity contribution < 1.29 is 19.0 Å². The fourth-order valence-electron chi connectivity index (χ4n) is 2.76. The van der Waals surface area contributed by atoms with E-state index in [1.165, 1.54) is 0 Å². The zero-order valence-electron chi connectivity index (χ0n) is 15.5. The van der Waals surface area contributed by atoms with Crippen molar-refractivity contribution in [2.75, 3.05) is 20.3 Å². The molecule has 3 aromatic rings. The first-order valence-corrected chi connectivity index (χ1v) is 8.87. The van der Waals surface area contributed by atoms with Gasteiger partial charge >= 0.3 is 0 Å². The summed E-state index contributed by atoms with van der Waals surface area (Å²) in [5.41, 5.74) is 0. The molecular formula is C22H23NO4. The molecule has 1 atom stereocenters. The maximum absolute atomic E-state index is 12.2. The molecule has 1 amide bonds. The third kappa shape index (κ3) is 4.70. The number of nitrogens with one attached hydrogen (secondary N) is 1. The Morgan fingerprint density at radius 1 is 0.926 bits per heavy atom. The van der Waals surface area contributed by atoms with Gasteiger partial charge in [0.25, 0.3) is 5.91 Å². The van der Waals surface area contributed by atoms with Crippen LogP contribution in [0.1, 0.15) is 6.92 Å². The average Bonchev–Trinajstić information content (AvgIpc) is 2.71. The average molecular weight is 365 g/mol. The van der Waals surface area contributed by atoms with Crippen molar-refractivity contribution in [1.29, 1.82) is 0 Å². The molecule has 0 aliphatic rings. The van der Waals surface area contributed by atoms with Crippen molar-refractivity contribution in [3.63, 3.8) is 0 Å². The molecule has 0 radical (unpaired) electrons. The molecule has 0 bridgehead atoms. The lowest BCUT2D eigenvalue weighted by Gasteiger charge is -2.17. The summed E-state index contributed by atoms with van der Waals surface area (Å²) in [4.78, 5) is 12.2. The topological polar surface area (TPSA) is 56.8 Å². The normalized spacial score (nSPS) is 11.6. The highest BCUT2D eigenvalue weighted by Gasteiger charge is 2.16. The first kappa shape index (κ1) is 18.6. The van der Waals surface area contributed by atoms with E-state index in [4.69, 9.17) is 14.2 Å². The highest BCUT2D eigenvalue weighted by molar-refractivity contribution is 5.88. The van der Waals surface area contributed by atoms with Crippen LogP contribution in [0.4, 0.5) is 0 Å². The van der Waals surface area contributed by atoms with Crippen LogP contribution in [-0.4, -0.2) is 32.3 Å². The Balaban J connectivity index is 1.49. The number of hydrogen-bond donors (Lipinski definition) is 1. The number of ether oxygens (including phenoxy) is 3. The Morgan fingerprint density at radius 3 is 2.41 bits per heavy atom. The zero-order valence-corrected chi connectivity index (χ0v) is 15.5. The number of para-hydroxylation sites is 2. The summed E-state index contributed by atoms with van der Waals surface area (Å²) in [6, 6.07) is 21.2. The molecule has 5 nitrogen and oxygen atoms in total. The van der Waals surface area contributed by atoms with Gasteiger partial charge < -0.3 is 19.5 Å². The Kier molecular flexibility index (Phi) is 6.15. The fraction of sp³-hybridized carbons (Fsp3) is 0.227. The van der Waals surface area contributed by atoms with Crippen molar-refractivity contribution in [2.24, 2.45) is 0 Å². The second-order valence-corrected chi connectivity index (χ2v) is 6.03. The maximum Gasteiger partial charge on any atom is 0.260 e. The molecule has 0 heterocycles. The van der Waals surface area contributed by atoms with Crippen molar-refractivity contribution >= 4 is 16.7 Å². The monoisotopic (exact) mass is 365 g/mol. The van der Waals surface area contributed by atoms with Crippen LogP contribution in [0.5, 0.6) is 17.2 Å². The van der Waals surface area contributed by atoms with Gasteiger partial charge in [0.2, 0.25) is 0 Å². The van der Waals surface area contributed by atoms with E-state index in [1.807, 2.05) is 54.6 Å². The van der Waals surface area contributed by atoms with E-state index in [0.29, 0.717) is 24.7 Å². The van der Waals surface area contributed by atoms with Gasteiger partial charge in [0.05, 0.1) is 13.7 Å². The van der Waals surface area contributed by atoms with Gasteiger partial charge in [-0.25, -0.2) is 0 Å². The molecule has 0 aliphatic heterocycles. The van der Waals surface area contributed by atoms with E-state index in [2.05, 4.69) is 5.32 Å². The fourth-order valence-corrected chi connectivity index (χ4v) is 2.76. The maximum atomic E-state index is 12.2. The standard InChI is InChI=1S/C22H23NO4/c1-16(27-21-12-6-5-11-20(21)25-2)22(24)23-14-15-26-19-13-7-9-17-8-3-4-10-18(17)19/h3-13,16H,14-15H2,1-2H3,(H,23,24)/t16-/m1/s1. The Hall–Kier alpha value is -3.21. The van der Waals surface area contributed by atoms with Gasteiger partial charge in [0.15, 0.2) is 17.6 Å². The van der Waals surface area contributed by atoms with Crippen LogP contribution in [0.15, 0.2) is 66.7 Å². The lowest BCUT2D eigenvalue weighted by molar-refractivity contribution is -0.127. The van der Waals surface area contributed by atoms with E-state index < -0.39 is 6.10 Å². The van der Waals surface area contributed by atoms with Crippen molar-refractivity contribution in [2.45, 2.75) is 13.0 Å². The lowest BCUT2D eigenvalue weighted by atomic mass is 10.1. The second-order valence-electron chi connectivity index (χ2n) is 6.03. The summed E-state index contributed by atoms with van der Waals surface area (Å²) in [5.74, 6) is 1.73. The molecule has 0 spiro atoms. The SMILES string of the molecule is COc1ccccc1O[C@H](C)C(=O)NCCOc1cccc2ccccc12. The van der Waals surface area contributed by atoms with Crippen LogP contribution in [0.2, 0.25) is 0 Å². The molecule has 3 rings (SSSR count). The van der Waals surface area contributed by atoms with E-state index in [1.54, 1.807) is 26.2 Å². The Morgan fingerprint density at radius 2 is 1.59 bits per heavy atom. The summed E-state index contributed by atoms with van der Waals surface area (Å²) in [5, 5.41) is 5.01. The summed E-state index contributed by atoms with van der Waals surface area (Å²) >= 11 is 0. The van der Waals surface area contributed by atoms with Gasteiger partial charge in [-0.15, -0.1) is 0 Å². The molecule has 0 saturated carbocycles. The first-order chi connectivity index (χ1) is 13.2. The van der Waals surface area contributed by atoms with Crippen LogP contribution in [0.25, 0.3) is 10.8 Å². The number of hydrogen-bond acceptors (Lipinski definition) is 4. The molecule has 3 aromatic carbocycles. The Labute approximate surface area is 158 Å². The molecule has 5 heteroatoms. The van der Waals surface area contributed by atoms with Gasteiger partial charge in [0.1, 0.15) is 12.4 Å². The van der Waals surface area contributed by atoms with Gasteiger partial charge in [-0.05, 0) is 30.5 Å². The highest BCUT2D eigenvalue weighted by Crippen LogP contribution is 2.27. The molecule has 0 aliphatic carbocycles. The largest absolute Gasteiger partial charge is 0.493 e. The summed E-state index contributed by atoms with van der Waals surface area (Å²) in [6.07, 6.45) is -0.640. The predicted molar refractivity (Wildman–Crippen MR) is 106 cm³/mol. The van der Waals surface area contributed by atoms with E-state index in [-0.39, 0.29) is 5.91 Å². The molecule has 0 fully saturated rings. The third-order valence-corrected chi connectivity index (χ3v) is 4.15. The molecular weight excluding hydrogens is 342 g/mol. The predicted octanol–water partition coefficient (Wildman–Crippen LogP) is 3.81. The van der Waals surface area contributed by atoms with Gasteiger partial charge in [-0.2, -0.15) is 0 Å². The second kappa shape index (κ2) is 8.94. The third-order valence-electron chi connectivity index (χ3n) is 4.15. The van der Waals surface area contributed by atoms with Crippen LogP contribution in [0.3, 0.4) is 0 Å². The van der Waals surface area contributed by atoms with Gasteiger partial charge in [-0.1, -0.05) is 48.5 Å². The smallest absolute Gasteiger partial charge is 0.260 e. The summed E-state index contributed by atoms with van der Waals surface area (Å²) in [6.45, 7) is 2.47. The highest BCUT2D eigenvalue weighted by atomic mass is 16.5. The first-order valence-electron chi connectivity index (χ1n) is 8.87. The van der Waals surface area contributed by atoms with Crippen molar-refractivity contribution in [3.8, 4) is 17.2 Å². The molecule has 27 heavy (non-hydrogen) atoms. The Bertz CT molecular complexity index is 904. The van der Waals surface area contributed by atoms with Crippen molar-refractivity contribution in [1.82, 2.24) is 5.32 Å². The number of fused-ring (bicyclic) bond motifs is 1. The summed E-state index contributed by atoms with van der Waals surface area (Å²) in [7, 11) is 1.57. The molecule has 0 unspecified atom stereocenters. The number of methoxy groups -OCH3 is 1. The zero-order chi connectivity index (χ0) is 19.1. The van der Waals surface area contributed by atoms with Gasteiger partial charge in [0, 0.05) is 5.39 Å². The lowest BCUT2D eigenvalue weighted by Crippen LogP contribution is -2.38. The minimum Gasteiger partial charge on any atom is -0.493 e. The quantitative estimate of drug-likeness (QED) is 0.617. The number of amides is 1. The van der Waals surface area contributed by atoms with Crippen LogP contribution in [-0.2, 0) is 4.79 Å².